The molecule has 0 bridgehead atoms. The maximum Gasteiger partial charge on any atom is 0.0650 e. The molecule has 1 aromatic rings. The lowest BCUT2D eigenvalue weighted by atomic mass is 10.2. The second-order valence-electron chi connectivity index (χ2n) is 4.32. The molecule has 2 heterocycles. The van der Waals surface area contributed by atoms with Crippen LogP contribution in [-0.2, 0) is 10.6 Å². The van der Waals surface area contributed by atoms with Gasteiger partial charge in [-0.2, -0.15) is 0 Å². The Kier molecular flexibility index (Phi) is 5.76. The van der Waals surface area contributed by atoms with Crippen LogP contribution in [0.3, 0.4) is 0 Å². The minimum Gasteiger partial charge on any atom is -0.379 e. The fourth-order valence-corrected chi connectivity index (χ4v) is 3.29. The number of morpholine rings is 1. The van der Waals surface area contributed by atoms with Crippen LogP contribution in [0.15, 0.2) is 17.2 Å². The summed E-state index contributed by atoms with van der Waals surface area (Å²) >= 11 is 7.76. The molecule has 0 saturated carbocycles. The Labute approximate surface area is 118 Å². The molecule has 0 radical (unpaired) electrons. The van der Waals surface area contributed by atoms with Crippen LogP contribution in [0.2, 0.25) is 0 Å². The molecule has 100 valence electrons. The molecule has 0 unspecified atom stereocenters. The number of hydrogen-bond donors (Lipinski definition) is 0. The van der Waals surface area contributed by atoms with Crippen LogP contribution >= 0.6 is 23.4 Å². The Bertz CT molecular complexity index is 383. The van der Waals surface area contributed by atoms with Crippen molar-refractivity contribution in [3.63, 3.8) is 0 Å². The topological polar surface area (TPSA) is 25.4 Å². The van der Waals surface area contributed by atoms with E-state index in [2.05, 4.69) is 22.9 Å². The zero-order valence-electron chi connectivity index (χ0n) is 10.7. The van der Waals surface area contributed by atoms with Crippen LogP contribution in [0.25, 0.3) is 0 Å². The number of aromatic nitrogens is 1. The normalized spacial score (nSPS) is 17.0. The van der Waals surface area contributed by atoms with Gasteiger partial charge < -0.3 is 4.74 Å². The van der Waals surface area contributed by atoms with Crippen molar-refractivity contribution in [3.8, 4) is 0 Å². The number of thioether (sulfide) groups is 1. The Morgan fingerprint density at radius 2 is 2.22 bits per heavy atom. The van der Waals surface area contributed by atoms with Crippen molar-refractivity contribution in [2.45, 2.75) is 17.7 Å². The number of rotatable bonds is 5. The van der Waals surface area contributed by atoms with Gasteiger partial charge >= 0.3 is 0 Å². The van der Waals surface area contributed by atoms with Crippen molar-refractivity contribution in [2.24, 2.45) is 0 Å². The molecule has 1 aromatic heterocycles. The third-order valence-corrected chi connectivity index (χ3v) is 4.55. The molecule has 18 heavy (non-hydrogen) atoms. The summed E-state index contributed by atoms with van der Waals surface area (Å²) in [6, 6.07) is 2.08. The fraction of sp³-hybridized carbons (Fsp3) is 0.615. The Hall–Kier alpha value is -0.290. The van der Waals surface area contributed by atoms with E-state index in [4.69, 9.17) is 16.3 Å². The van der Waals surface area contributed by atoms with Crippen LogP contribution in [-0.4, -0.2) is 48.5 Å². The second-order valence-corrected chi connectivity index (χ2v) is 5.72. The summed E-state index contributed by atoms with van der Waals surface area (Å²) in [7, 11) is 0. The smallest absolute Gasteiger partial charge is 0.0650 e. The van der Waals surface area contributed by atoms with Gasteiger partial charge in [0.25, 0.3) is 0 Å². The van der Waals surface area contributed by atoms with Crippen LogP contribution in [0.5, 0.6) is 0 Å². The molecule has 0 aliphatic carbocycles. The highest BCUT2D eigenvalue weighted by atomic mass is 35.5. The number of ether oxygens (including phenoxy) is 1. The Morgan fingerprint density at radius 3 is 2.94 bits per heavy atom. The predicted octanol–water partition coefficient (Wildman–Crippen LogP) is 2.55. The molecule has 3 nitrogen and oxygen atoms in total. The molecule has 2 rings (SSSR count). The molecule has 1 saturated heterocycles. The maximum atomic E-state index is 5.87. The van der Waals surface area contributed by atoms with E-state index in [0.29, 0.717) is 5.88 Å². The van der Waals surface area contributed by atoms with Gasteiger partial charge in [-0.3, -0.25) is 9.88 Å². The molecular weight excluding hydrogens is 268 g/mol. The number of alkyl halides is 1. The molecule has 1 aliphatic rings. The first kappa shape index (κ1) is 14.1. The van der Waals surface area contributed by atoms with Gasteiger partial charge in [-0.05, 0) is 18.6 Å². The highest BCUT2D eigenvalue weighted by molar-refractivity contribution is 7.99. The summed E-state index contributed by atoms with van der Waals surface area (Å²) in [5.74, 6) is 1.59. The van der Waals surface area contributed by atoms with Crippen molar-refractivity contribution in [1.82, 2.24) is 9.88 Å². The molecule has 0 spiro atoms. The second kappa shape index (κ2) is 7.34. The first-order valence-corrected chi connectivity index (χ1v) is 7.76. The molecule has 0 atom stereocenters. The zero-order valence-corrected chi connectivity index (χ0v) is 12.3. The molecule has 0 N–H and O–H groups in total. The SMILES string of the molecule is Cc1c(SCCN2CCOCC2)ccnc1CCl. The van der Waals surface area contributed by atoms with Gasteiger partial charge in [-0.25, -0.2) is 0 Å². The van der Waals surface area contributed by atoms with Crippen LogP contribution in [0, 0.1) is 6.92 Å². The van der Waals surface area contributed by atoms with Crippen LogP contribution in [0.1, 0.15) is 11.3 Å². The summed E-state index contributed by atoms with van der Waals surface area (Å²) in [6.45, 7) is 7.07. The first-order valence-electron chi connectivity index (χ1n) is 6.24. The molecule has 1 fully saturated rings. The van der Waals surface area contributed by atoms with Crippen molar-refractivity contribution < 1.29 is 4.74 Å². The van der Waals surface area contributed by atoms with Crippen molar-refractivity contribution in [3.05, 3.63) is 23.5 Å². The number of halogens is 1. The molecule has 1 aliphatic heterocycles. The summed E-state index contributed by atoms with van der Waals surface area (Å²) in [5, 5.41) is 0. The first-order chi connectivity index (χ1) is 8.81. The lowest BCUT2D eigenvalue weighted by Gasteiger charge is -2.26. The predicted molar refractivity (Wildman–Crippen MR) is 76.5 cm³/mol. The van der Waals surface area contributed by atoms with E-state index in [-0.39, 0.29) is 0 Å². The summed E-state index contributed by atoms with van der Waals surface area (Å²) in [4.78, 5) is 8.04. The Morgan fingerprint density at radius 1 is 1.44 bits per heavy atom. The third-order valence-electron chi connectivity index (χ3n) is 3.15. The van der Waals surface area contributed by atoms with Gasteiger partial charge in [0, 0.05) is 36.5 Å². The van der Waals surface area contributed by atoms with E-state index >= 15 is 0 Å². The molecule has 5 heteroatoms. The van der Waals surface area contributed by atoms with E-state index in [1.165, 1.54) is 10.5 Å². The summed E-state index contributed by atoms with van der Waals surface area (Å²) < 4.78 is 5.34. The van der Waals surface area contributed by atoms with Gasteiger partial charge in [0.05, 0.1) is 24.8 Å². The molecule has 0 aromatic carbocycles. The van der Waals surface area contributed by atoms with Gasteiger partial charge in [0.15, 0.2) is 0 Å². The highest BCUT2D eigenvalue weighted by Gasteiger charge is 2.10. The standard InChI is InChI=1S/C13H19ClN2OS/c1-11-12(10-14)15-3-2-13(11)18-9-6-16-4-7-17-8-5-16/h2-3H,4-10H2,1H3. The van der Waals surface area contributed by atoms with E-state index in [1.807, 2.05) is 18.0 Å². The number of nitrogens with zero attached hydrogens (tertiary/aromatic N) is 2. The van der Waals surface area contributed by atoms with Crippen LogP contribution < -0.4 is 0 Å². The average molecular weight is 287 g/mol. The lowest BCUT2D eigenvalue weighted by Crippen LogP contribution is -2.37. The van der Waals surface area contributed by atoms with Gasteiger partial charge in [0.2, 0.25) is 0 Å². The minimum absolute atomic E-state index is 0.490. The van der Waals surface area contributed by atoms with E-state index in [9.17, 15) is 0 Å². The van der Waals surface area contributed by atoms with E-state index in [0.717, 1.165) is 44.3 Å². The minimum atomic E-state index is 0.490. The monoisotopic (exact) mass is 286 g/mol. The lowest BCUT2D eigenvalue weighted by molar-refractivity contribution is 0.0410. The van der Waals surface area contributed by atoms with Gasteiger partial charge in [-0.1, -0.05) is 0 Å². The average Bonchev–Trinajstić information content (AvgIpc) is 2.42. The van der Waals surface area contributed by atoms with Crippen molar-refractivity contribution >= 4 is 23.4 Å². The highest BCUT2D eigenvalue weighted by Crippen LogP contribution is 2.24. The zero-order chi connectivity index (χ0) is 12.8. The van der Waals surface area contributed by atoms with Gasteiger partial charge in [-0.15, -0.1) is 23.4 Å². The molecule has 0 amide bonds. The summed E-state index contributed by atoms with van der Waals surface area (Å²) in [6.07, 6.45) is 1.85. The Balaban J connectivity index is 1.82. The van der Waals surface area contributed by atoms with Gasteiger partial charge in [0.1, 0.15) is 0 Å². The maximum absolute atomic E-state index is 5.87. The summed E-state index contributed by atoms with van der Waals surface area (Å²) in [5.41, 5.74) is 2.22. The van der Waals surface area contributed by atoms with Crippen molar-refractivity contribution in [1.29, 1.82) is 0 Å². The van der Waals surface area contributed by atoms with Crippen molar-refractivity contribution in [2.75, 3.05) is 38.6 Å². The fourth-order valence-electron chi connectivity index (χ4n) is 1.96. The number of pyridine rings is 1. The quantitative estimate of drug-likeness (QED) is 0.614. The third kappa shape index (κ3) is 3.85. The van der Waals surface area contributed by atoms with Crippen LogP contribution in [0.4, 0.5) is 0 Å². The largest absolute Gasteiger partial charge is 0.379 e. The van der Waals surface area contributed by atoms with E-state index in [1.54, 1.807) is 0 Å². The number of hydrogen-bond acceptors (Lipinski definition) is 4. The molecular formula is C13H19ClN2OS. The van der Waals surface area contributed by atoms with E-state index < -0.39 is 0 Å².